The van der Waals surface area contributed by atoms with Gasteiger partial charge in [0.1, 0.15) is 6.04 Å². The molecule has 0 aromatic carbocycles. The Hall–Kier alpha value is -1.56. The number of urea groups is 1. The van der Waals surface area contributed by atoms with Gasteiger partial charge in [0.2, 0.25) is 0 Å². The standard InChI is InChI=1S/C10H17N3O3/c1-2-3-8(9(14)15)12-10(16)13-5-4-7(11)6-13/h2,7-8H,1,3-6,11H2,(H,12,16)(H,14,15). The molecule has 1 aliphatic rings. The number of rotatable bonds is 4. The molecular formula is C10H17N3O3. The highest BCUT2D eigenvalue weighted by Crippen LogP contribution is 2.07. The molecule has 6 nitrogen and oxygen atoms in total. The van der Waals surface area contributed by atoms with Gasteiger partial charge in [-0.1, -0.05) is 6.08 Å². The van der Waals surface area contributed by atoms with E-state index in [0.717, 1.165) is 6.42 Å². The molecule has 1 saturated heterocycles. The molecule has 0 saturated carbocycles. The molecule has 2 amide bonds. The molecule has 4 N–H and O–H groups in total. The summed E-state index contributed by atoms with van der Waals surface area (Å²) in [6.07, 6.45) is 2.43. The number of likely N-dealkylation sites (tertiary alicyclic amines) is 1. The fourth-order valence-electron chi connectivity index (χ4n) is 1.60. The van der Waals surface area contributed by atoms with Gasteiger partial charge in [-0.15, -0.1) is 6.58 Å². The van der Waals surface area contributed by atoms with Crippen molar-refractivity contribution in [1.29, 1.82) is 0 Å². The zero-order valence-corrected chi connectivity index (χ0v) is 9.06. The lowest BCUT2D eigenvalue weighted by Crippen LogP contribution is -2.47. The minimum atomic E-state index is -1.06. The van der Waals surface area contributed by atoms with Crippen molar-refractivity contribution in [1.82, 2.24) is 10.2 Å². The lowest BCUT2D eigenvalue weighted by molar-refractivity contribution is -0.139. The zero-order chi connectivity index (χ0) is 12.1. The molecule has 6 heteroatoms. The maximum absolute atomic E-state index is 11.6. The van der Waals surface area contributed by atoms with Gasteiger partial charge >= 0.3 is 12.0 Å². The van der Waals surface area contributed by atoms with Gasteiger partial charge in [0.25, 0.3) is 0 Å². The third-order valence-corrected chi connectivity index (χ3v) is 2.51. The van der Waals surface area contributed by atoms with Gasteiger partial charge in [0.05, 0.1) is 0 Å². The van der Waals surface area contributed by atoms with Crippen LogP contribution in [0.15, 0.2) is 12.7 Å². The summed E-state index contributed by atoms with van der Waals surface area (Å²) in [5.74, 6) is -1.06. The number of nitrogens with two attached hydrogens (primary N) is 1. The Morgan fingerprint density at radius 2 is 2.38 bits per heavy atom. The van der Waals surface area contributed by atoms with Crippen molar-refractivity contribution in [2.75, 3.05) is 13.1 Å². The monoisotopic (exact) mass is 227 g/mol. The fraction of sp³-hybridized carbons (Fsp3) is 0.600. The molecule has 1 fully saturated rings. The van der Waals surface area contributed by atoms with E-state index in [1.54, 1.807) is 0 Å². The van der Waals surface area contributed by atoms with E-state index in [1.165, 1.54) is 11.0 Å². The number of nitrogens with one attached hydrogen (secondary N) is 1. The van der Waals surface area contributed by atoms with Gasteiger partial charge in [0, 0.05) is 19.1 Å². The number of carbonyl (C=O) groups excluding carboxylic acids is 1. The highest BCUT2D eigenvalue weighted by atomic mass is 16.4. The molecular weight excluding hydrogens is 210 g/mol. The van der Waals surface area contributed by atoms with Crippen LogP contribution in [0.5, 0.6) is 0 Å². The summed E-state index contributed by atoms with van der Waals surface area (Å²) >= 11 is 0. The molecule has 2 atom stereocenters. The summed E-state index contributed by atoms with van der Waals surface area (Å²) in [7, 11) is 0. The van der Waals surface area contributed by atoms with Crippen LogP contribution in [0.4, 0.5) is 4.79 Å². The summed E-state index contributed by atoms with van der Waals surface area (Å²) in [5, 5.41) is 11.3. The molecule has 0 aliphatic carbocycles. The van der Waals surface area contributed by atoms with Gasteiger partial charge in [0.15, 0.2) is 0 Å². The van der Waals surface area contributed by atoms with Crippen LogP contribution in [0.2, 0.25) is 0 Å². The first-order valence-electron chi connectivity index (χ1n) is 5.19. The highest BCUT2D eigenvalue weighted by molar-refractivity contribution is 5.82. The molecule has 16 heavy (non-hydrogen) atoms. The maximum Gasteiger partial charge on any atom is 0.326 e. The normalized spacial score (nSPS) is 21.6. The molecule has 1 aliphatic heterocycles. The molecule has 90 valence electrons. The average Bonchev–Trinajstić information content (AvgIpc) is 2.64. The molecule has 0 aromatic rings. The summed E-state index contributed by atoms with van der Waals surface area (Å²) in [6, 6.07) is -1.29. The second kappa shape index (κ2) is 5.50. The van der Waals surface area contributed by atoms with Crippen molar-refractivity contribution >= 4 is 12.0 Å². The Balaban J connectivity index is 2.48. The van der Waals surface area contributed by atoms with Gasteiger partial charge in [-0.05, 0) is 12.8 Å². The molecule has 0 aromatic heterocycles. The van der Waals surface area contributed by atoms with Crippen molar-refractivity contribution in [2.24, 2.45) is 5.73 Å². The Kier molecular flexibility index (Phi) is 4.30. The Morgan fingerprint density at radius 3 is 2.81 bits per heavy atom. The van der Waals surface area contributed by atoms with Crippen LogP contribution >= 0.6 is 0 Å². The molecule has 0 radical (unpaired) electrons. The van der Waals surface area contributed by atoms with Crippen LogP contribution in [-0.2, 0) is 4.79 Å². The smallest absolute Gasteiger partial charge is 0.326 e. The van der Waals surface area contributed by atoms with Crippen LogP contribution in [0.3, 0.4) is 0 Å². The number of carbonyl (C=O) groups is 2. The topological polar surface area (TPSA) is 95.7 Å². The van der Waals surface area contributed by atoms with E-state index < -0.39 is 12.0 Å². The molecule has 2 unspecified atom stereocenters. The summed E-state index contributed by atoms with van der Waals surface area (Å²) in [6.45, 7) is 4.51. The quantitative estimate of drug-likeness (QED) is 0.577. The predicted octanol–water partition coefficient (Wildman–Crippen LogP) is -0.242. The van der Waals surface area contributed by atoms with E-state index >= 15 is 0 Å². The predicted molar refractivity (Wildman–Crippen MR) is 58.9 cm³/mol. The summed E-state index contributed by atoms with van der Waals surface area (Å²) in [5.41, 5.74) is 5.66. The number of hydrogen-bond donors (Lipinski definition) is 3. The zero-order valence-electron chi connectivity index (χ0n) is 9.06. The number of hydrogen-bond acceptors (Lipinski definition) is 3. The van der Waals surface area contributed by atoms with Crippen molar-refractivity contribution in [3.8, 4) is 0 Å². The number of carboxylic acid groups (broad SMARTS) is 1. The van der Waals surface area contributed by atoms with Crippen LogP contribution in [0.1, 0.15) is 12.8 Å². The van der Waals surface area contributed by atoms with Gasteiger partial charge < -0.3 is 21.1 Å². The number of carboxylic acids is 1. The Labute approximate surface area is 94.1 Å². The van der Waals surface area contributed by atoms with Crippen molar-refractivity contribution in [2.45, 2.75) is 24.9 Å². The van der Waals surface area contributed by atoms with Crippen LogP contribution in [0.25, 0.3) is 0 Å². The van der Waals surface area contributed by atoms with Crippen LogP contribution in [-0.4, -0.2) is 47.2 Å². The van der Waals surface area contributed by atoms with Crippen LogP contribution < -0.4 is 11.1 Å². The van der Waals surface area contributed by atoms with Gasteiger partial charge in [-0.3, -0.25) is 0 Å². The first-order valence-corrected chi connectivity index (χ1v) is 5.19. The van der Waals surface area contributed by atoms with Crippen molar-refractivity contribution < 1.29 is 14.7 Å². The number of aliphatic carboxylic acids is 1. The van der Waals surface area contributed by atoms with Gasteiger partial charge in [-0.2, -0.15) is 0 Å². The third kappa shape index (κ3) is 3.23. The number of amides is 2. The van der Waals surface area contributed by atoms with E-state index in [2.05, 4.69) is 11.9 Å². The van der Waals surface area contributed by atoms with E-state index in [4.69, 9.17) is 10.8 Å². The Bertz CT molecular complexity index is 293. The second-order valence-corrected chi connectivity index (χ2v) is 3.86. The van der Waals surface area contributed by atoms with E-state index in [-0.39, 0.29) is 18.5 Å². The van der Waals surface area contributed by atoms with Crippen LogP contribution in [0, 0.1) is 0 Å². The summed E-state index contributed by atoms with van der Waals surface area (Å²) < 4.78 is 0. The third-order valence-electron chi connectivity index (χ3n) is 2.51. The highest BCUT2D eigenvalue weighted by Gasteiger charge is 2.26. The molecule has 1 heterocycles. The van der Waals surface area contributed by atoms with Crippen molar-refractivity contribution in [3.63, 3.8) is 0 Å². The lowest BCUT2D eigenvalue weighted by Gasteiger charge is -2.19. The fourth-order valence-corrected chi connectivity index (χ4v) is 1.60. The minimum absolute atomic E-state index is 0.00608. The minimum Gasteiger partial charge on any atom is -0.480 e. The largest absolute Gasteiger partial charge is 0.480 e. The van der Waals surface area contributed by atoms with Gasteiger partial charge in [-0.25, -0.2) is 9.59 Å². The first-order chi connectivity index (χ1) is 7.54. The van der Waals surface area contributed by atoms with Crippen molar-refractivity contribution in [3.05, 3.63) is 12.7 Å². The molecule has 0 spiro atoms. The van der Waals surface area contributed by atoms with E-state index in [9.17, 15) is 9.59 Å². The molecule has 1 rings (SSSR count). The lowest BCUT2D eigenvalue weighted by atomic mass is 10.2. The summed E-state index contributed by atoms with van der Waals surface area (Å²) in [4.78, 5) is 24.0. The Morgan fingerprint density at radius 1 is 1.69 bits per heavy atom. The molecule has 0 bridgehead atoms. The van der Waals surface area contributed by atoms with E-state index in [0.29, 0.717) is 13.1 Å². The number of nitrogens with zero attached hydrogens (tertiary/aromatic N) is 1. The first kappa shape index (κ1) is 12.5. The maximum atomic E-state index is 11.6. The average molecular weight is 227 g/mol. The van der Waals surface area contributed by atoms with E-state index in [1.807, 2.05) is 0 Å². The SMILES string of the molecule is C=CCC(NC(=O)N1CCC(N)C1)C(=O)O. The second-order valence-electron chi connectivity index (χ2n) is 3.86.